The van der Waals surface area contributed by atoms with Crippen molar-refractivity contribution in [3.05, 3.63) is 29.8 Å². The Hall–Kier alpha value is -2.35. The summed E-state index contributed by atoms with van der Waals surface area (Å²) in [4.78, 5) is 45.1. The Balaban J connectivity index is 2.00. The Bertz CT molecular complexity index is 677. The molecule has 0 aliphatic rings. The third-order valence-corrected chi connectivity index (χ3v) is 5.72. The SMILES string of the molecule is O=CCC[C@H](NC(=O)CCCCCCCCCSc1ccc(C(=O)O)cc1)C(=O)O. The first-order valence-electron chi connectivity index (χ1n) is 10.4. The van der Waals surface area contributed by atoms with Gasteiger partial charge in [-0.2, -0.15) is 0 Å². The topological polar surface area (TPSA) is 121 Å². The van der Waals surface area contributed by atoms with Crippen LogP contribution in [0.2, 0.25) is 0 Å². The number of rotatable bonds is 17. The summed E-state index contributed by atoms with van der Waals surface area (Å²) < 4.78 is 0. The molecule has 1 aromatic rings. The average Bonchev–Trinajstić information content (AvgIpc) is 2.72. The second kappa shape index (κ2) is 15.5. The van der Waals surface area contributed by atoms with Crippen molar-refractivity contribution in [3.8, 4) is 0 Å². The van der Waals surface area contributed by atoms with E-state index in [1.807, 2.05) is 12.1 Å². The Morgan fingerprint density at radius 2 is 1.53 bits per heavy atom. The summed E-state index contributed by atoms with van der Waals surface area (Å²) in [5.74, 6) is -1.30. The first-order chi connectivity index (χ1) is 14.4. The van der Waals surface area contributed by atoms with Gasteiger partial charge in [0.2, 0.25) is 5.91 Å². The molecule has 0 saturated carbocycles. The van der Waals surface area contributed by atoms with Crippen LogP contribution in [0.5, 0.6) is 0 Å². The minimum Gasteiger partial charge on any atom is -0.480 e. The molecular formula is C22H31NO6S. The van der Waals surface area contributed by atoms with Crippen LogP contribution in [0, 0.1) is 0 Å². The van der Waals surface area contributed by atoms with Gasteiger partial charge < -0.3 is 20.3 Å². The van der Waals surface area contributed by atoms with Crippen LogP contribution in [0.15, 0.2) is 29.2 Å². The second-order valence-corrected chi connectivity index (χ2v) is 8.27. The summed E-state index contributed by atoms with van der Waals surface area (Å²) in [5.41, 5.74) is 0.302. The number of aromatic carboxylic acids is 1. The summed E-state index contributed by atoms with van der Waals surface area (Å²) in [6, 6.07) is 5.93. The molecule has 1 aromatic carbocycles. The van der Waals surface area contributed by atoms with Crippen LogP contribution in [-0.2, 0) is 14.4 Å². The predicted octanol–water partition coefficient (Wildman–Crippen LogP) is 4.15. The van der Waals surface area contributed by atoms with E-state index in [2.05, 4.69) is 5.32 Å². The van der Waals surface area contributed by atoms with Crippen LogP contribution in [-0.4, -0.2) is 46.1 Å². The zero-order valence-corrected chi connectivity index (χ0v) is 18.0. The predicted molar refractivity (Wildman–Crippen MR) is 116 cm³/mol. The minimum atomic E-state index is -1.11. The van der Waals surface area contributed by atoms with E-state index < -0.39 is 18.0 Å². The van der Waals surface area contributed by atoms with Crippen molar-refractivity contribution >= 4 is 35.9 Å². The molecule has 7 nitrogen and oxygen atoms in total. The fourth-order valence-corrected chi connectivity index (χ4v) is 3.83. The highest BCUT2D eigenvalue weighted by atomic mass is 32.2. The van der Waals surface area contributed by atoms with Crippen molar-refractivity contribution in [1.29, 1.82) is 0 Å². The molecule has 0 heterocycles. The fraction of sp³-hybridized carbons (Fsp3) is 0.545. The van der Waals surface area contributed by atoms with E-state index in [1.54, 1.807) is 23.9 Å². The molecule has 30 heavy (non-hydrogen) atoms. The molecule has 166 valence electrons. The molecule has 0 saturated heterocycles. The van der Waals surface area contributed by atoms with Gasteiger partial charge in [-0.15, -0.1) is 11.8 Å². The number of hydrogen-bond acceptors (Lipinski definition) is 5. The Labute approximate surface area is 181 Å². The maximum absolute atomic E-state index is 11.8. The maximum Gasteiger partial charge on any atom is 0.335 e. The van der Waals surface area contributed by atoms with Crippen molar-refractivity contribution in [2.75, 3.05) is 5.75 Å². The lowest BCUT2D eigenvalue weighted by molar-refractivity contribution is -0.142. The van der Waals surface area contributed by atoms with Gasteiger partial charge in [-0.05, 0) is 49.3 Å². The zero-order chi connectivity index (χ0) is 22.2. The van der Waals surface area contributed by atoms with E-state index in [4.69, 9.17) is 10.2 Å². The first-order valence-corrected chi connectivity index (χ1v) is 11.3. The third-order valence-electron chi connectivity index (χ3n) is 4.62. The number of unbranched alkanes of at least 4 members (excludes halogenated alkanes) is 6. The van der Waals surface area contributed by atoms with Crippen molar-refractivity contribution in [1.82, 2.24) is 5.32 Å². The van der Waals surface area contributed by atoms with Crippen LogP contribution >= 0.6 is 11.8 Å². The highest BCUT2D eigenvalue weighted by Gasteiger charge is 2.18. The number of carbonyl (C=O) groups excluding carboxylic acids is 2. The van der Waals surface area contributed by atoms with Gasteiger partial charge in [0.05, 0.1) is 5.56 Å². The van der Waals surface area contributed by atoms with E-state index in [-0.39, 0.29) is 18.7 Å². The number of nitrogens with one attached hydrogen (secondary N) is 1. The number of amides is 1. The lowest BCUT2D eigenvalue weighted by Gasteiger charge is -2.13. The monoisotopic (exact) mass is 437 g/mol. The van der Waals surface area contributed by atoms with Crippen molar-refractivity contribution in [2.24, 2.45) is 0 Å². The van der Waals surface area contributed by atoms with Crippen LogP contribution in [0.3, 0.4) is 0 Å². The normalized spacial score (nSPS) is 11.6. The lowest BCUT2D eigenvalue weighted by atomic mass is 10.1. The molecule has 1 amide bonds. The molecular weight excluding hydrogens is 406 g/mol. The summed E-state index contributed by atoms with van der Waals surface area (Å²) in [6.45, 7) is 0. The summed E-state index contributed by atoms with van der Waals surface area (Å²) >= 11 is 1.73. The minimum absolute atomic E-state index is 0.118. The number of carbonyl (C=O) groups is 4. The van der Waals surface area contributed by atoms with Gasteiger partial charge in [-0.3, -0.25) is 4.79 Å². The molecule has 0 bridgehead atoms. The Morgan fingerprint density at radius 3 is 2.10 bits per heavy atom. The largest absolute Gasteiger partial charge is 0.480 e. The van der Waals surface area contributed by atoms with Gasteiger partial charge >= 0.3 is 11.9 Å². The molecule has 0 unspecified atom stereocenters. The fourth-order valence-electron chi connectivity index (χ4n) is 2.91. The number of aldehydes is 1. The van der Waals surface area contributed by atoms with Crippen molar-refractivity contribution in [3.63, 3.8) is 0 Å². The van der Waals surface area contributed by atoms with Crippen LogP contribution < -0.4 is 5.32 Å². The number of carboxylic acids is 2. The summed E-state index contributed by atoms with van der Waals surface area (Å²) in [5, 5.41) is 20.4. The van der Waals surface area contributed by atoms with E-state index in [1.165, 1.54) is 0 Å². The van der Waals surface area contributed by atoms with Crippen LogP contribution in [0.25, 0.3) is 0 Å². The highest BCUT2D eigenvalue weighted by Crippen LogP contribution is 2.20. The summed E-state index contributed by atoms with van der Waals surface area (Å²) in [7, 11) is 0. The smallest absolute Gasteiger partial charge is 0.335 e. The van der Waals surface area contributed by atoms with E-state index in [0.717, 1.165) is 55.6 Å². The number of hydrogen-bond donors (Lipinski definition) is 3. The Morgan fingerprint density at radius 1 is 0.933 bits per heavy atom. The zero-order valence-electron chi connectivity index (χ0n) is 17.2. The van der Waals surface area contributed by atoms with Gasteiger partial charge in [0.25, 0.3) is 0 Å². The molecule has 1 rings (SSSR count). The molecule has 0 fully saturated rings. The number of carboxylic acid groups (broad SMARTS) is 2. The average molecular weight is 438 g/mol. The molecule has 3 N–H and O–H groups in total. The van der Waals surface area contributed by atoms with Gasteiger partial charge in [0.1, 0.15) is 12.3 Å². The van der Waals surface area contributed by atoms with Crippen molar-refractivity contribution < 1.29 is 29.4 Å². The van der Waals surface area contributed by atoms with Gasteiger partial charge in [-0.1, -0.05) is 32.1 Å². The number of thioether (sulfide) groups is 1. The van der Waals surface area contributed by atoms with Gasteiger partial charge in [-0.25, -0.2) is 9.59 Å². The quantitative estimate of drug-likeness (QED) is 0.190. The van der Waals surface area contributed by atoms with Gasteiger partial charge in [0, 0.05) is 17.7 Å². The molecule has 0 aliphatic carbocycles. The second-order valence-electron chi connectivity index (χ2n) is 7.11. The maximum atomic E-state index is 11.8. The van der Waals surface area contributed by atoms with E-state index >= 15 is 0 Å². The molecule has 8 heteroatoms. The molecule has 0 spiro atoms. The number of benzene rings is 1. The van der Waals surface area contributed by atoms with Crippen molar-refractivity contribution in [2.45, 2.75) is 75.1 Å². The summed E-state index contributed by atoms with van der Waals surface area (Å²) in [6.07, 6.45) is 8.39. The van der Waals surface area contributed by atoms with E-state index in [9.17, 15) is 19.2 Å². The molecule has 0 aliphatic heterocycles. The molecule has 1 atom stereocenters. The molecule has 0 radical (unpaired) electrons. The lowest BCUT2D eigenvalue weighted by Crippen LogP contribution is -2.40. The van der Waals surface area contributed by atoms with E-state index in [0.29, 0.717) is 18.3 Å². The standard InChI is InChI=1S/C22H31NO6S/c24-15-8-9-19(22(28)29)23-20(25)10-6-4-2-1-3-5-7-16-30-18-13-11-17(12-14-18)21(26)27/h11-15,19H,1-10,16H2,(H,23,25)(H,26,27)(H,28,29)/t19-/m0/s1. The van der Waals surface area contributed by atoms with Crippen LogP contribution in [0.1, 0.15) is 74.6 Å². The molecule has 0 aromatic heterocycles. The third kappa shape index (κ3) is 11.6. The number of aliphatic carboxylic acids is 1. The highest BCUT2D eigenvalue weighted by molar-refractivity contribution is 7.99. The van der Waals surface area contributed by atoms with Crippen LogP contribution in [0.4, 0.5) is 0 Å². The van der Waals surface area contributed by atoms with Gasteiger partial charge in [0.15, 0.2) is 0 Å². The Kier molecular flexibility index (Phi) is 13.3. The first kappa shape index (κ1) is 25.7.